The molecule has 0 spiro atoms. The van der Waals surface area contributed by atoms with E-state index in [0.717, 1.165) is 0 Å². The summed E-state index contributed by atoms with van der Waals surface area (Å²) in [7, 11) is -3.10. The molecule has 1 aromatic carbocycles. The van der Waals surface area contributed by atoms with Gasteiger partial charge in [0.1, 0.15) is 11.6 Å². The van der Waals surface area contributed by atoms with Gasteiger partial charge in [0.2, 0.25) is 0 Å². The molecule has 0 saturated heterocycles. The smallest absolute Gasteiger partial charge is 0.151 e. The van der Waals surface area contributed by atoms with Gasteiger partial charge >= 0.3 is 0 Å². The Bertz CT molecular complexity index is 745. The molecule has 1 aromatic heterocycles. The van der Waals surface area contributed by atoms with Crippen LogP contribution in [0.25, 0.3) is 11.0 Å². The molecule has 0 fully saturated rings. The monoisotopic (exact) mass is 382 g/mol. The third kappa shape index (κ3) is 3.15. The summed E-state index contributed by atoms with van der Waals surface area (Å²) in [4.78, 5) is 4.30. The summed E-state index contributed by atoms with van der Waals surface area (Å²) in [6, 6.07) is 2.90. The van der Waals surface area contributed by atoms with Crippen LogP contribution in [0, 0.1) is 5.82 Å². The van der Waals surface area contributed by atoms with Crippen LogP contribution in [-0.2, 0) is 22.3 Å². The Morgan fingerprint density at radius 3 is 2.75 bits per heavy atom. The normalized spacial score (nSPS) is 12.2. The van der Waals surface area contributed by atoms with Crippen molar-refractivity contribution in [2.45, 2.75) is 19.3 Å². The first-order valence-corrected chi connectivity index (χ1v) is 9.13. The summed E-state index contributed by atoms with van der Waals surface area (Å²) < 4.78 is 38.8. The van der Waals surface area contributed by atoms with Crippen molar-refractivity contribution in [3.8, 4) is 0 Å². The highest BCUT2D eigenvalue weighted by atomic mass is 79.9. The minimum Gasteiger partial charge on any atom is -0.326 e. The van der Waals surface area contributed by atoms with E-state index < -0.39 is 15.7 Å². The maximum atomic E-state index is 13.6. The third-order valence-electron chi connectivity index (χ3n) is 3.05. The molecule has 0 aliphatic rings. The number of rotatable bonds is 5. The number of sulfone groups is 1. The van der Waals surface area contributed by atoms with Crippen LogP contribution in [0.1, 0.15) is 12.7 Å². The van der Waals surface area contributed by atoms with Crippen LogP contribution >= 0.6 is 27.5 Å². The van der Waals surface area contributed by atoms with Crippen molar-refractivity contribution in [3.63, 3.8) is 0 Å². The van der Waals surface area contributed by atoms with E-state index in [2.05, 4.69) is 20.9 Å². The third-order valence-corrected chi connectivity index (χ3v) is 5.59. The van der Waals surface area contributed by atoms with Crippen LogP contribution in [0.4, 0.5) is 4.39 Å². The van der Waals surface area contributed by atoms with Crippen LogP contribution in [0.5, 0.6) is 0 Å². The molecule has 2 rings (SSSR count). The molecule has 110 valence electrons. The van der Waals surface area contributed by atoms with E-state index in [9.17, 15) is 12.8 Å². The van der Waals surface area contributed by atoms with E-state index in [-0.39, 0.29) is 23.9 Å². The molecule has 0 unspecified atom stereocenters. The van der Waals surface area contributed by atoms with Gasteiger partial charge in [-0.05, 0) is 22.0 Å². The van der Waals surface area contributed by atoms with Crippen molar-refractivity contribution >= 4 is 48.4 Å². The Hall–Kier alpha value is -0.660. The first-order chi connectivity index (χ1) is 9.38. The molecule has 0 saturated carbocycles. The number of fused-ring (bicyclic) bond motifs is 1. The van der Waals surface area contributed by atoms with Crippen molar-refractivity contribution in [3.05, 3.63) is 28.2 Å². The van der Waals surface area contributed by atoms with Gasteiger partial charge in [-0.2, -0.15) is 0 Å². The van der Waals surface area contributed by atoms with Gasteiger partial charge in [0.25, 0.3) is 0 Å². The summed E-state index contributed by atoms with van der Waals surface area (Å²) in [6.07, 6.45) is 0. The topological polar surface area (TPSA) is 52.0 Å². The lowest BCUT2D eigenvalue weighted by molar-refractivity contribution is 0.589. The molecule has 2 aromatic rings. The lowest BCUT2D eigenvalue weighted by Crippen LogP contribution is -2.15. The number of imidazole rings is 1. The van der Waals surface area contributed by atoms with Crippen LogP contribution < -0.4 is 0 Å². The zero-order valence-corrected chi connectivity index (χ0v) is 13.9. The lowest BCUT2D eigenvalue weighted by atomic mass is 10.3. The van der Waals surface area contributed by atoms with Crippen molar-refractivity contribution < 1.29 is 12.8 Å². The second kappa shape index (κ2) is 5.99. The molecule has 0 aliphatic carbocycles. The van der Waals surface area contributed by atoms with Crippen LogP contribution in [0.2, 0.25) is 0 Å². The Morgan fingerprint density at radius 2 is 2.15 bits per heavy atom. The van der Waals surface area contributed by atoms with Crippen LogP contribution in [0.15, 0.2) is 16.6 Å². The van der Waals surface area contributed by atoms with Gasteiger partial charge in [-0.25, -0.2) is 17.8 Å². The SMILES string of the molecule is CCS(=O)(=O)CCn1c(CCl)nc2cc(Br)c(F)cc21. The summed E-state index contributed by atoms with van der Waals surface area (Å²) in [5.41, 5.74) is 1.13. The van der Waals surface area contributed by atoms with Crippen molar-refractivity contribution in [2.24, 2.45) is 0 Å². The summed E-state index contributed by atoms with van der Waals surface area (Å²) in [5, 5.41) is 0. The average molecular weight is 384 g/mol. The maximum Gasteiger partial charge on any atom is 0.151 e. The molecular formula is C12H13BrClFN2O2S. The van der Waals surface area contributed by atoms with Gasteiger partial charge in [0.15, 0.2) is 9.84 Å². The summed E-state index contributed by atoms with van der Waals surface area (Å²) >= 11 is 8.93. The van der Waals surface area contributed by atoms with Gasteiger partial charge in [0.05, 0.1) is 27.1 Å². The van der Waals surface area contributed by atoms with Crippen LogP contribution in [-0.4, -0.2) is 29.5 Å². The number of benzene rings is 1. The van der Waals surface area contributed by atoms with Gasteiger partial charge in [-0.15, -0.1) is 11.6 Å². The van der Waals surface area contributed by atoms with E-state index in [1.54, 1.807) is 17.6 Å². The molecule has 0 aliphatic heterocycles. The Balaban J connectivity index is 2.48. The molecule has 0 bridgehead atoms. The number of hydrogen-bond donors (Lipinski definition) is 0. The summed E-state index contributed by atoms with van der Waals surface area (Å²) in [6.45, 7) is 1.82. The predicted octanol–water partition coefficient (Wildman–Crippen LogP) is 3.11. The second-order valence-electron chi connectivity index (χ2n) is 4.30. The van der Waals surface area contributed by atoms with E-state index in [0.29, 0.717) is 21.3 Å². The number of halogens is 3. The van der Waals surface area contributed by atoms with Gasteiger partial charge in [-0.3, -0.25) is 0 Å². The molecule has 20 heavy (non-hydrogen) atoms. The van der Waals surface area contributed by atoms with Gasteiger partial charge in [0, 0.05) is 18.4 Å². The zero-order valence-electron chi connectivity index (χ0n) is 10.7. The highest BCUT2D eigenvalue weighted by Gasteiger charge is 2.15. The summed E-state index contributed by atoms with van der Waals surface area (Å²) in [5.74, 6) is 0.315. The highest BCUT2D eigenvalue weighted by molar-refractivity contribution is 9.10. The molecule has 4 nitrogen and oxygen atoms in total. The van der Waals surface area contributed by atoms with Crippen molar-refractivity contribution in [1.29, 1.82) is 0 Å². The number of nitrogens with zero attached hydrogens (tertiary/aromatic N) is 2. The molecule has 0 radical (unpaired) electrons. The molecule has 0 atom stereocenters. The van der Waals surface area contributed by atoms with E-state index in [1.807, 2.05) is 0 Å². The highest BCUT2D eigenvalue weighted by Crippen LogP contribution is 2.25. The Morgan fingerprint density at radius 1 is 1.45 bits per heavy atom. The maximum absolute atomic E-state index is 13.6. The quantitative estimate of drug-likeness (QED) is 0.746. The first kappa shape index (κ1) is 15.7. The lowest BCUT2D eigenvalue weighted by Gasteiger charge is -2.08. The van der Waals surface area contributed by atoms with Crippen molar-refractivity contribution in [2.75, 3.05) is 11.5 Å². The fourth-order valence-corrected chi connectivity index (χ4v) is 3.18. The van der Waals surface area contributed by atoms with Gasteiger partial charge in [-0.1, -0.05) is 6.92 Å². The fourth-order valence-electron chi connectivity index (χ4n) is 1.90. The standard InChI is InChI=1S/C12H13BrClFN2O2S/c1-2-20(18,19)4-3-17-11-6-9(15)8(13)5-10(11)16-12(17)7-14/h5-6H,2-4,7H2,1H3. The Labute approximate surface area is 130 Å². The molecule has 1 heterocycles. The molecular weight excluding hydrogens is 371 g/mol. The number of aryl methyl sites for hydroxylation is 1. The average Bonchev–Trinajstić information content (AvgIpc) is 2.74. The number of aromatic nitrogens is 2. The van der Waals surface area contributed by atoms with Crippen molar-refractivity contribution in [1.82, 2.24) is 9.55 Å². The van der Waals surface area contributed by atoms with Gasteiger partial charge < -0.3 is 4.57 Å². The van der Waals surface area contributed by atoms with E-state index >= 15 is 0 Å². The van der Waals surface area contributed by atoms with E-state index in [1.165, 1.54) is 6.07 Å². The van der Waals surface area contributed by atoms with E-state index in [4.69, 9.17) is 11.6 Å². The van der Waals surface area contributed by atoms with Crippen LogP contribution in [0.3, 0.4) is 0 Å². The largest absolute Gasteiger partial charge is 0.326 e. The number of alkyl halides is 1. The Kier molecular flexibility index (Phi) is 4.71. The number of hydrogen-bond acceptors (Lipinski definition) is 3. The zero-order chi connectivity index (χ0) is 14.9. The molecule has 0 N–H and O–H groups in total. The predicted molar refractivity (Wildman–Crippen MR) is 81.3 cm³/mol. The second-order valence-corrected chi connectivity index (χ2v) is 7.90. The minimum absolute atomic E-state index is 0.0173. The minimum atomic E-state index is -3.10. The molecule has 8 heteroatoms. The first-order valence-electron chi connectivity index (χ1n) is 5.98. The fraction of sp³-hybridized carbons (Fsp3) is 0.417. The molecule has 0 amide bonds.